The van der Waals surface area contributed by atoms with Gasteiger partial charge in [-0.2, -0.15) is 0 Å². The minimum atomic E-state index is -0.949. The molecule has 31 heavy (non-hydrogen) atoms. The van der Waals surface area contributed by atoms with E-state index in [-0.39, 0.29) is 23.8 Å². The molecular weight excluding hydrogens is 394 g/mol. The SMILES string of the molecule is C[C@H](NC(=O)OCC1c2ccccc2-c2ccccc21)C(=O)Oc1ccccc1C=O. The molecule has 0 unspecified atom stereocenters. The van der Waals surface area contributed by atoms with Crippen molar-refractivity contribution in [3.63, 3.8) is 0 Å². The molecule has 0 saturated heterocycles. The number of hydrogen-bond donors (Lipinski definition) is 1. The minimum Gasteiger partial charge on any atom is -0.449 e. The predicted octanol–water partition coefficient (Wildman–Crippen LogP) is 4.33. The van der Waals surface area contributed by atoms with Crippen LogP contribution in [0.3, 0.4) is 0 Å². The lowest BCUT2D eigenvalue weighted by atomic mass is 9.98. The Morgan fingerprint density at radius 2 is 1.52 bits per heavy atom. The number of ether oxygens (including phenoxy) is 2. The van der Waals surface area contributed by atoms with E-state index in [0.29, 0.717) is 6.29 Å². The van der Waals surface area contributed by atoms with Gasteiger partial charge in [0.25, 0.3) is 0 Å². The molecule has 0 heterocycles. The van der Waals surface area contributed by atoms with Gasteiger partial charge in [-0.05, 0) is 41.3 Å². The monoisotopic (exact) mass is 415 g/mol. The van der Waals surface area contributed by atoms with Crippen LogP contribution in [0.1, 0.15) is 34.3 Å². The molecular formula is C25H21NO5. The van der Waals surface area contributed by atoms with Gasteiger partial charge >= 0.3 is 12.1 Å². The number of carbonyl (C=O) groups excluding carboxylic acids is 3. The molecule has 6 heteroatoms. The summed E-state index contributed by atoms with van der Waals surface area (Å²) < 4.78 is 10.7. The van der Waals surface area contributed by atoms with Crippen LogP contribution in [0.5, 0.6) is 5.75 Å². The van der Waals surface area contributed by atoms with E-state index < -0.39 is 18.1 Å². The molecule has 4 rings (SSSR count). The molecule has 1 N–H and O–H groups in total. The molecule has 3 aromatic rings. The van der Waals surface area contributed by atoms with E-state index in [9.17, 15) is 14.4 Å². The van der Waals surface area contributed by atoms with E-state index >= 15 is 0 Å². The van der Waals surface area contributed by atoms with Crippen molar-refractivity contribution in [3.8, 4) is 16.9 Å². The summed E-state index contributed by atoms with van der Waals surface area (Å²) in [5.41, 5.74) is 4.74. The molecule has 0 fully saturated rings. The van der Waals surface area contributed by atoms with Crippen LogP contribution in [0.4, 0.5) is 4.79 Å². The molecule has 0 radical (unpaired) electrons. The van der Waals surface area contributed by atoms with Crippen LogP contribution in [-0.2, 0) is 9.53 Å². The predicted molar refractivity (Wildman–Crippen MR) is 115 cm³/mol. The van der Waals surface area contributed by atoms with E-state index in [4.69, 9.17) is 9.47 Å². The number of hydrogen-bond acceptors (Lipinski definition) is 5. The Morgan fingerprint density at radius 3 is 2.16 bits per heavy atom. The highest BCUT2D eigenvalue weighted by molar-refractivity contribution is 5.86. The molecule has 1 aliphatic carbocycles. The normalized spacial score (nSPS) is 12.9. The molecule has 0 bridgehead atoms. The van der Waals surface area contributed by atoms with E-state index in [0.717, 1.165) is 22.3 Å². The molecule has 0 aromatic heterocycles. The van der Waals surface area contributed by atoms with Crippen molar-refractivity contribution < 1.29 is 23.9 Å². The van der Waals surface area contributed by atoms with Gasteiger partial charge in [-0.3, -0.25) is 4.79 Å². The lowest BCUT2D eigenvalue weighted by molar-refractivity contribution is -0.136. The van der Waals surface area contributed by atoms with Gasteiger partial charge in [0.1, 0.15) is 18.4 Å². The fraction of sp³-hybridized carbons (Fsp3) is 0.160. The fourth-order valence-electron chi connectivity index (χ4n) is 3.74. The summed E-state index contributed by atoms with van der Waals surface area (Å²) in [5, 5.41) is 2.49. The first-order chi connectivity index (χ1) is 15.1. The summed E-state index contributed by atoms with van der Waals surface area (Å²) in [5.74, 6) is -0.619. The average molecular weight is 415 g/mol. The number of rotatable bonds is 6. The third kappa shape index (κ3) is 4.19. The number of benzene rings is 3. The smallest absolute Gasteiger partial charge is 0.407 e. The number of nitrogens with one attached hydrogen (secondary N) is 1. The summed E-state index contributed by atoms with van der Waals surface area (Å²) in [6, 6.07) is 21.5. The third-order valence-electron chi connectivity index (χ3n) is 5.29. The topological polar surface area (TPSA) is 81.7 Å². The fourth-order valence-corrected chi connectivity index (χ4v) is 3.74. The lowest BCUT2D eigenvalue weighted by Gasteiger charge is -2.17. The van der Waals surface area contributed by atoms with Gasteiger partial charge in [-0.15, -0.1) is 0 Å². The highest BCUT2D eigenvalue weighted by atomic mass is 16.6. The molecule has 1 aliphatic rings. The molecule has 0 aliphatic heterocycles. The van der Waals surface area contributed by atoms with Crippen LogP contribution in [0.2, 0.25) is 0 Å². The number of fused-ring (bicyclic) bond motifs is 3. The molecule has 3 aromatic carbocycles. The van der Waals surface area contributed by atoms with Crippen LogP contribution < -0.4 is 10.1 Å². The van der Waals surface area contributed by atoms with E-state index in [1.54, 1.807) is 18.2 Å². The summed E-state index contributed by atoms with van der Waals surface area (Å²) in [6.45, 7) is 1.64. The Balaban J connectivity index is 1.37. The Bertz CT molecular complexity index is 1090. The number of carbonyl (C=O) groups is 3. The van der Waals surface area contributed by atoms with Crippen LogP contribution in [0.15, 0.2) is 72.8 Å². The van der Waals surface area contributed by atoms with Crippen LogP contribution in [0.25, 0.3) is 11.1 Å². The number of para-hydroxylation sites is 1. The van der Waals surface area contributed by atoms with Crippen LogP contribution in [0, 0.1) is 0 Å². The van der Waals surface area contributed by atoms with Crippen molar-refractivity contribution in [2.45, 2.75) is 18.9 Å². The number of aldehydes is 1. The summed E-state index contributed by atoms with van der Waals surface area (Å²) in [4.78, 5) is 35.7. The largest absolute Gasteiger partial charge is 0.449 e. The molecule has 1 atom stereocenters. The second-order valence-corrected chi connectivity index (χ2v) is 7.27. The van der Waals surface area contributed by atoms with E-state index in [1.807, 2.05) is 36.4 Å². The van der Waals surface area contributed by atoms with Crippen LogP contribution >= 0.6 is 0 Å². The highest BCUT2D eigenvalue weighted by Gasteiger charge is 2.29. The number of amides is 1. The van der Waals surface area contributed by atoms with Gasteiger partial charge in [-0.25, -0.2) is 9.59 Å². The second kappa shape index (κ2) is 8.83. The maximum atomic E-state index is 12.3. The minimum absolute atomic E-state index is 0.0696. The van der Waals surface area contributed by atoms with Crippen molar-refractivity contribution in [2.75, 3.05) is 6.61 Å². The summed E-state index contributed by atoms with van der Waals surface area (Å²) in [6.07, 6.45) is -0.110. The zero-order valence-corrected chi connectivity index (χ0v) is 16.9. The first-order valence-corrected chi connectivity index (χ1v) is 9.96. The second-order valence-electron chi connectivity index (χ2n) is 7.27. The first-order valence-electron chi connectivity index (χ1n) is 9.96. The van der Waals surface area contributed by atoms with Crippen LogP contribution in [-0.4, -0.2) is 31.0 Å². The molecule has 6 nitrogen and oxygen atoms in total. The van der Waals surface area contributed by atoms with Crippen molar-refractivity contribution in [2.24, 2.45) is 0 Å². The molecule has 156 valence electrons. The Morgan fingerprint density at radius 1 is 0.935 bits per heavy atom. The maximum absolute atomic E-state index is 12.3. The lowest BCUT2D eigenvalue weighted by Crippen LogP contribution is -2.41. The zero-order chi connectivity index (χ0) is 21.8. The highest BCUT2D eigenvalue weighted by Crippen LogP contribution is 2.44. The quantitative estimate of drug-likeness (QED) is 0.368. The zero-order valence-electron chi connectivity index (χ0n) is 16.9. The Hall–Kier alpha value is -3.93. The number of esters is 1. The molecule has 0 spiro atoms. The van der Waals surface area contributed by atoms with Gasteiger partial charge in [0.2, 0.25) is 0 Å². The van der Waals surface area contributed by atoms with E-state index in [2.05, 4.69) is 17.4 Å². The van der Waals surface area contributed by atoms with Crippen molar-refractivity contribution in [3.05, 3.63) is 89.5 Å². The van der Waals surface area contributed by atoms with E-state index in [1.165, 1.54) is 13.0 Å². The van der Waals surface area contributed by atoms with Crippen molar-refractivity contribution >= 4 is 18.3 Å². The Kier molecular flexibility index (Phi) is 5.80. The Labute approximate surface area is 179 Å². The molecule has 1 amide bonds. The van der Waals surface area contributed by atoms with Gasteiger partial charge < -0.3 is 14.8 Å². The van der Waals surface area contributed by atoms with Crippen molar-refractivity contribution in [1.82, 2.24) is 5.32 Å². The van der Waals surface area contributed by atoms with Gasteiger partial charge in [0.05, 0.1) is 5.56 Å². The molecule has 0 saturated carbocycles. The summed E-state index contributed by atoms with van der Waals surface area (Å²) >= 11 is 0. The van der Waals surface area contributed by atoms with Crippen molar-refractivity contribution in [1.29, 1.82) is 0 Å². The summed E-state index contributed by atoms with van der Waals surface area (Å²) in [7, 11) is 0. The average Bonchev–Trinajstić information content (AvgIpc) is 3.11. The maximum Gasteiger partial charge on any atom is 0.407 e. The van der Waals surface area contributed by atoms with Gasteiger partial charge in [0.15, 0.2) is 6.29 Å². The third-order valence-corrected chi connectivity index (χ3v) is 5.29. The standard InChI is InChI=1S/C25H21NO5/c1-16(24(28)31-23-13-7-2-8-17(23)14-27)26-25(29)30-15-22-20-11-5-3-9-18(20)19-10-4-6-12-21(19)22/h2-14,16,22H,15H2,1H3,(H,26,29)/t16-/m0/s1. The first kappa shape index (κ1) is 20.3. The number of alkyl carbamates (subject to hydrolysis) is 1. The van der Waals surface area contributed by atoms with Gasteiger partial charge in [0, 0.05) is 5.92 Å². The van der Waals surface area contributed by atoms with Gasteiger partial charge in [-0.1, -0.05) is 60.7 Å².